The van der Waals surface area contributed by atoms with Crippen LogP contribution in [0.5, 0.6) is 0 Å². The van der Waals surface area contributed by atoms with Gasteiger partial charge in [0.15, 0.2) is 0 Å². The maximum absolute atomic E-state index is 12.4. The zero-order valence-electron chi connectivity index (χ0n) is 16.6. The highest BCUT2D eigenvalue weighted by Gasteiger charge is 2.37. The number of unbranched alkanes of at least 4 members (excludes halogenated alkanes) is 4. The largest absolute Gasteiger partial charge is 0.465 e. The summed E-state index contributed by atoms with van der Waals surface area (Å²) >= 11 is 0. The molecule has 0 N–H and O–H groups in total. The van der Waals surface area contributed by atoms with Crippen molar-refractivity contribution in [2.24, 2.45) is 17.8 Å². The molecule has 146 valence electrons. The van der Waals surface area contributed by atoms with Crippen molar-refractivity contribution in [3.63, 3.8) is 0 Å². The lowest BCUT2D eigenvalue weighted by Gasteiger charge is -2.28. The summed E-state index contributed by atoms with van der Waals surface area (Å²) in [5.74, 6) is -0.241. The van der Waals surface area contributed by atoms with Crippen LogP contribution in [-0.4, -0.2) is 25.2 Å². The molecular formula is C21H38O4. The second kappa shape index (κ2) is 13.2. The van der Waals surface area contributed by atoms with Gasteiger partial charge in [-0.1, -0.05) is 65.7 Å². The molecule has 0 aliphatic heterocycles. The maximum atomic E-state index is 12.4. The summed E-state index contributed by atoms with van der Waals surface area (Å²) in [5.41, 5.74) is 0. The molecule has 0 heterocycles. The lowest BCUT2D eigenvalue weighted by atomic mass is 9.79. The normalized spacial score (nSPS) is 20.5. The van der Waals surface area contributed by atoms with Crippen LogP contribution in [0.4, 0.5) is 0 Å². The van der Waals surface area contributed by atoms with Crippen LogP contribution in [0.1, 0.15) is 91.4 Å². The van der Waals surface area contributed by atoms with Crippen molar-refractivity contribution in [2.45, 2.75) is 91.4 Å². The van der Waals surface area contributed by atoms with Crippen LogP contribution in [0.3, 0.4) is 0 Å². The van der Waals surface area contributed by atoms with Gasteiger partial charge in [-0.05, 0) is 31.6 Å². The predicted octanol–water partition coefficient (Wildman–Crippen LogP) is 5.29. The summed E-state index contributed by atoms with van der Waals surface area (Å²) < 4.78 is 10.8. The fourth-order valence-electron chi connectivity index (χ4n) is 3.41. The van der Waals surface area contributed by atoms with E-state index in [0.717, 1.165) is 57.3 Å². The van der Waals surface area contributed by atoms with Gasteiger partial charge < -0.3 is 9.47 Å². The number of esters is 2. The van der Waals surface area contributed by atoms with E-state index in [4.69, 9.17) is 9.47 Å². The van der Waals surface area contributed by atoms with Crippen molar-refractivity contribution in [1.82, 2.24) is 0 Å². The third kappa shape index (κ3) is 9.27. The Morgan fingerprint density at radius 3 is 1.88 bits per heavy atom. The fraction of sp³-hybridized carbons (Fsp3) is 0.905. The van der Waals surface area contributed by atoms with Gasteiger partial charge in [-0.25, -0.2) is 0 Å². The van der Waals surface area contributed by atoms with Crippen LogP contribution in [-0.2, 0) is 19.1 Å². The molecule has 1 aliphatic carbocycles. The van der Waals surface area contributed by atoms with E-state index in [2.05, 4.69) is 20.8 Å². The molecule has 1 rings (SSSR count). The van der Waals surface area contributed by atoms with Gasteiger partial charge in [-0.3, -0.25) is 9.59 Å². The second-order valence-corrected chi connectivity index (χ2v) is 7.78. The topological polar surface area (TPSA) is 52.6 Å². The molecule has 0 bridgehead atoms. The van der Waals surface area contributed by atoms with Crippen molar-refractivity contribution in [3.05, 3.63) is 0 Å². The molecule has 1 fully saturated rings. The van der Waals surface area contributed by atoms with Crippen LogP contribution in [0.2, 0.25) is 0 Å². The fourth-order valence-corrected chi connectivity index (χ4v) is 3.41. The van der Waals surface area contributed by atoms with E-state index < -0.39 is 0 Å². The highest BCUT2D eigenvalue weighted by molar-refractivity contribution is 5.82. The average Bonchev–Trinajstić information content (AvgIpc) is 2.60. The lowest BCUT2D eigenvalue weighted by molar-refractivity contribution is -0.163. The SMILES string of the molecule is CCCCOC(=O)C1CCCCC1C(=O)OCCCCCCC(C)C. The first kappa shape index (κ1) is 22.0. The minimum atomic E-state index is -0.302. The third-order valence-electron chi connectivity index (χ3n) is 5.03. The molecule has 4 nitrogen and oxygen atoms in total. The highest BCUT2D eigenvalue weighted by Crippen LogP contribution is 2.32. The van der Waals surface area contributed by atoms with Crippen molar-refractivity contribution in [2.75, 3.05) is 13.2 Å². The first-order valence-corrected chi connectivity index (χ1v) is 10.4. The zero-order valence-corrected chi connectivity index (χ0v) is 16.6. The molecule has 25 heavy (non-hydrogen) atoms. The van der Waals surface area contributed by atoms with Gasteiger partial charge in [-0.2, -0.15) is 0 Å². The summed E-state index contributed by atoms with van der Waals surface area (Å²) in [6, 6.07) is 0. The van der Waals surface area contributed by atoms with Gasteiger partial charge in [0.25, 0.3) is 0 Å². The number of carbonyl (C=O) groups excluding carboxylic acids is 2. The predicted molar refractivity (Wildman–Crippen MR) is 100 cm³/mol. The number of hydrogen-bond acceptors (Lipinski definition) is 4. The van der Waals surface area contributed by atoms with E-state index in [1.807, 2.05) is 0 Å². The molecule has 0 aromatic carbocycles. The van der Waals surface area contributed by atoms with Gasteiger partial charge in [0.05, 0.1) is 25.0 Å². The number of ether oxygens (including phenoxy) is 2. The molecule has 0 spiro atoms. The van der Waals surface area contributed by atoms with E-state index in [0.29, 0.717) is 13.2 Å². The quantitative estimate of drug-likeness (QED) is 0.353. The Morgan fingerprint density at radius 2 is 1.36 bits per heavy atom. The van der Waals surface area contributed by atoms with Crippen molar-refractivity contribution >= 4 is 11.9 Å². The molecule has 0 aromatic rings. The molecule has 1 aliphatic rings. The minimum Gasteiger partial charge on any atom is -0.465 e. The van der Waals surface area contributed by atoms with Crippen molar-refractivity contribution < 1.29 is 19.1 Å². The molecular weight excluding hydrogens is 316 g/mol. The Labute approximate surface area is 154 Å². The van der Waals surface area contributed by atoms with Gasteiger partial charge in [-0.15, -0.1) is 0 Å². The molecule has 2 atom stereocenters. The molecule has 0 saturated heterocycles. The first-order valence-electron chi connectivity index (χ1n) is 10.4. The van der Waals surface area contributed by atoms with E-state index in [1.54, 1.807) is 0 Å². The average molecular weight is 355 g/mol. The molecule has 0 amide bonds. The lowest BCUT2D eigenvalue weighted by Crippen LogP contribution is -2.35. The first-order chi connectivity index (χ1) is 12.1. The Morgan fingerprint density at radius 1 is 0.840 bits per heavy atom. The summed E-state index contributed by atoms with van der Waals surface area (Å²) in [6.45, 7) is 7.50. The Kier molecular flexibility index (Phi) is 11.6. The van der Waals surface area contributed by atoms with Gasteiger partial charge in [0.2, 0.25) is 0 Å². The van der Waals surface area contributed by atoms with E-state index >= 15 is 0 Å². The standard InChI is InChI=1S/C21H38O4/c1-4-5-15-24-20(22)18-13-9-10-14-19(18)21(23)25-16-11-7-6-8-12-17(2)3/h17-19H,4-16H2,1-3H3. The van der Waals surface area contributed by atoms with Gasteiger partial charge in [0.1, 0.15) is 0 Å². The minimum absolute atomic E-state index is 0.195. The summed E-state index contributed by atoms with van der Waals surface area (Å²) in [6.07, 6.45) is 11.1. The Hall–Kier alpha value is -1.06. The van der Waals surface area contributed by atoms with Crippen molar-refractivity contribution in [1.29, 1.82) is 0 Å². The summed E-state index contributed by atoms with van der Waals surface area (Å²) in [5, 5.41) is 0. The second-order valence-electron chi connectivity index (χ2n) is 7.78. The maximum Gasteiger partial charge on any atom is 0.309 e. The Balaban J connectivity index is 2.27. The smallest absolute Gasteiger partial charge is 0.309 e. The molecule has 4 heteroatoms. The number of rotatable bonds is 12. The number of hydrogen-bond donors (Lipinski definition) is 0. The van der Waals surface area contributed by atoms with Gasteiger partial charge >= 0.3 is 11.9 Å². The van der Waals surface area contributed by atoms with Crippen LogP contribution >= 0.6 is 0 Å². The van der Waals surface area contributed by atoms with Crippen LogP contribution < -0.4 is 0 Å². The van der Waals surface area contributed by atoms with E-state index in [-0.39, 0.29) is 23.8 Å². The molecule has 0 aromatic heterocycles. The molecule has 0 radical (unpaired) electrons. The Bertz CT molecular complexity index is 378. The van der Waals surface area contributed by atoms with E-state index in [1.165, 1.54) is 19.3 Å². The van der Waals surface area contributed by atoms with Crippen LogP contribution in [0.25, 0.3) is 0 Å². The highest BCUT2D eigenvalue weighted by atomic mass is 16.5. The van der Waals surface area contributed by atoms with E-state index in [9.17, 15) is 9.59 Å². The van der Waals surface area contributed by atoms with Crippen LogP contribution in [0.15, 0.2) is 0 Å². The van der Waals surface area contributed by atoms with Crippen LogP contribution in [0, 0.1) is 17.8 Å². The third-order valence-corrected chi connectivity index (χ3v) is 5.03. The number of carbonyl (C=O) groups is 2. The summed E-state index contributed by atoms with van der Waals surface area (Å²) in [4.78, 5) is 24.7. The monoisotopic (exact) mass is 354 g/mol. The molecule has 1 saturated carbocycles. The van der Waals surface area contributed by atoms with Gasteiger partial charge in [0, 0.05) is 0 Å². The van der Waals surface area contributed by atoms with Crippen molar-refractivity contribution in [3.8, 4) is 0 Å². The zero-order chi connectivity index (χ0) is 18.5. The molecule has 2 unspecified atom stereocenters. The summed E-state index contributed by atoms with van der Waals surface area (Å²) in [7, 11) is 0.